The number of halogens is 2. The van der Waals surface area contributed by atoms with Crippen LogP contribution in [0.15, 0.2) is 42.6 Å². The number of rotatable bonds is 7. The lowest BCUT2D eigenvalue weighted by atomic mass is 9.90. The van der Waals surface area contributed by atoms with Crippen LogP contribution in [0, 0.1) is 11.6 Å². The monoisotopic (exact) mass is 371 g/mol. The van der Waals surface area contributed by atoms with Gasteiger partial charge in [-0.25, -0.2) is 8.78 Å². The highest BCUT2D eigenvalue weighted by molar-refractivity contribution is 6.00. The van der Waals surface area contributed by atoms with E-state index in [-0.39, 0.29) is 5.56 Å². The summed E-state index contributed by atoms with van der Waals surface area (Å²) in [6.07, 6.45) is 2.96. The molecule has 0 spiro atoms. The second-order valence-electron chi connectivity index (χ2n) is 6.48. The zero-order valence-electron chi connectivity index (χ0n) is 14.8. The predicted octanol–water partition coefficient (Wildman–Crippen LogP) is 4.84. The van der Waals surface area contributed by atoms with E-state index in [1.54, 1.807) is 12.3 Å². The van der Waals surface area contributed by atoms with Gasteiger partial charge < -0.3 is 10.1 Å². The molecule has 0 aliphatic rings. The molecule has 4 nitrogen and oxygen atoms in total. The van der Waals surface area contributed by atoms with Gasteiger partial charge in [0.05, 0.1) is 11.5 Å². The number of fused-ring (bicyclic) bond motifs is 1. The number of ketones is 1. The summed E-state index contributed by atoms with van der Waals surface area (Å²) in [6, 6.07) is 8.27. The van der Waals surface area contributed by atoms with Crippen molar-refractivity contribution in [2.75, 3.05) is 0 Å². The molecule has 3 rings (SSSR count). The lowest BCUT2D eigenvalue weighted by molar-refractivity contribution is -0.138. The van der Waals surface area contributed by atoms with E-state index in [9.17, 15) is 23.5 Å². The highest BCUT2D eigenvalue weighted by Crippen LogP contribution is 2.31. The summed E-state index contributed by atoms with van der Waals surface area (Å²) >= 11 is 0. The van der Waals surface area contributed by atoms with E-state index in [1.165, 1.54) is 0 Å². The number of carbonyl (C=O) groups excluding carboxylic acids is 1. The molecule has 6 heteroatoms. The molecule has 0 fully saturated rings. The first-order chi connectivity index (χ1) is 12.9. The summed E-state index contributed by atoms with van der Waals surface area (Å²) in [4.78, 5) is 27.4. The fraction of sp³-hybridized carbons (Fsp3) is 0.238. The second kappa shape index (κ2) is 7.70. The van der Waals surface area contributed by atoms with Crippen molar-refractivity contribution in [3.8, 4) is 0 Å². The SMILES string of the molecule is CCCc1cccc2c(C(CC(=O)c3ccc(F)cc3F)C(=O)O)c[nH]c12. The molecule has 1 aromatic heterocycles. The maximum absolute atomic E-state index is 13.9. The number of aliphatic carboxylic acids is 1. The van der Waals surface area contributed by atoms with Crippen LogP contribution < -0.4 is 0 Å². The topological polar surface area (TPSA) is 70.2 Å². The van der Waals surface area contributed by atoms with E-state index in [0.717, 1.165) is 41.4 Å². The number of Topliss-reactive ketones (excluding diaryl/α,β-unsaturated/α-hetero) is 1. The van der Waals surface area contributed by atoms with E-state index in [0.29, 0.717) is 11.6 Å². The lowest BCUT2D eigenvalue weighted by Gasteiger charge is -2.12. The zero-order chi connectivity index (χ0) is 19.6. The van der Waals surface area contributed by atoms with Gasteiger partial charge in [0.1, 0.15) is 11.6 Å². The van der Waals surface area contributed by atoms with Crippen molar-refractivity contribution in [2.24, 2.45) is 0 Å². The Hall–Kier alpha value is -3.02. The fourth-order valence-electron chi connectivity index (χ4n) is 3.35. The summed E-state index contributed by atoms with van der Waals surface area (Å²) in [6.45, 7) is 2.05. The molecule has 1 unspecified atom stereocenters. The largest absolute Gasteiger partial charge is 0.481 e. The van der Waals surface area contributed by atoms with Crippen molar-refractivity contribution in [2.45, 2.75) is 32.1 Å². The normalized spacial score (nSPS) is 12.3. The van der Waals surface area contributed by atoms with Crippen LogP contribution in [0.25, 0.3) is 10.9 Å². The summed E-state index contributed by atoms with van der Waals surface area (Å²) in [5, 5.41) is 10.4. The minimum Gasteiger partial charge on any atom is -0.481 e. The zero-order valence-corrected chi connectivity index (χ0v) is 14.8. The van der Waals surface area contributed by atoms with Gasteiger partial charge in [0, 0.05) is 29.6 Å². The van der Waals surface area contributed by atoms with Crippen LogP contribution in [0.3, 0.4) is 0 Å². The molecule has 0 bridgehead atoms. The number of aromatic amines is 1. The Kier molecular flexibility index (Phi) is 5.35. The van der Waals surface area contributed by atoms with Crippen molar-refractivity contribution in [1.29, 1.82) is 0 Å². The summed E-state index contributed by atoms with van der Waals surface area (Å²) in [5.41, 5.74) is 2.09. The molecular weight excluding hydrogens is 352 g/mol. The average Bonchev–Trinajstić information content (AvgIpc) is 3.04. The first-order valence-corrected chi connectivity index (χ1v) is 8.72. The highest BCUT2D eigenvalue weighted by atomic mass is 19.1. The van der Waals surface area contributed by atoms with Gasteiger partial charge in [-0.3, -0.25) is 9.59 Å². The van der Waals surface area contributed by atoms with Crippen LogP contribution in [0.2, 0.25) is 0 Å². The standard InChI is InChI=1S/C21H19F2NO3/c1-2-4-12-5-3-6-14-17(11-24-20(12)14)16(21(26)27)10-19(25)15-8-7-13(22)9-18(15)23/h3,5-9,11,16,24H,2,4,10H2,1H3,(H,26,27). The second-order valence-corrected chi connectivity index (χ2v) is 6.48. The number of nitrogens with one attached hydrogen (secondary N) is 1. The third-order valence-corrected chi connectivity index (χ3v) is 4.65. The van der Waals surface area contributed by atoms with Crippen LogP contribution in [-0.2, 0) is 11.2 Å². The molecule has 2 N–H and O–H groups in total. The van der Waals surface area contributed by atoms with Crippen LogP contribution in [-0.4, -0.2) is 21.8 Å². The van der Waals surface area contributed by atoms with Gasteiger partial charge in [-0.05, 0) is 29.7 Å². The lowest BCUT2D eigenvalue weighted by Crippen LogP contribution is -2.17. The van der Waals surface area contributed by atoms with Gasteiger partial charge in [-0.2, -0.15) is 0 Å². The predicted molar refractivity (Wildman–Crippen MR) is 98.0 cm³/mol. The maximum Gasteiger partial charge on any atom is 0.311 e. The molecule has 0 amide bonds. The molecule has 0 saturated heterocycles. The Morgan fingerprint density at radius 1 is 1.19 bits per heavy atom. The number of aromatic nitrogens is 1. The molecule has 0 aliphatic carbocycles. The average molecular weight is 371 g/mol. The van der Waals surface area contributed by atoms with Crippen LogP contribution in [0.1, 0.15) is 47.2 Å². The number of para-hydroxylation sites is 1. The Balaban J connectivity index is 1.97. The molecule has 1 atom stereocenters. The third kappa shape index (κ3) is 3.74. The van der Waals surface area contributed by atoms with Gasteiger partial charge in [0.15, 0.2) is 5.78 Å². The van der Waals surface area contributed by atoms with Crippen LogP contribution in [0.4, 0.5) is 8.78 Å². The van der Waals surface area contributed by atoms with Crippen molar-refractivity contribution >= 4 is 22.7 Å². The summed E-state index contributed by atoms with van der Waals surface area (Å²) in [7, 11) is 0. The molecule has 2 aromatic carbocycles. The number of hydrogen-bond acceptors (Lipinski definition) is 2. The van der Waals surface area contributed by atoms with E-state index >= 15 is 0 Å². The number of hydrogen-bond donors (Lipinski definition) is 2. The smallest absolute Gasteiger partial charge is 0.311 e. The summed E-state index contributed by atoms with van der Waals surface area (Å²) in [5.74, 6) is -4.77. The number of carboxylic acid groups (broad SMARTS) is 1. The molecule has 3 aromatic rings. The number of aryl methyl sites for hydroxylation is 1. The quantitative estimate of drug-likeness (QED) is 0.584. The van der Waals surface area contributed by atoms with E-state index in [2.05, 4.69) is 11.9 Å². The Morgan fingerprint density at radius 2 is 1.96 bits per heavy atom. The van der Waals surface area contributed by atoms with E-state index in [1.807, 2.05) is 12.1 Å². The van der Waals surface area contributed by atoms with Gasteiger partial charge >= 0.3 is 5.97 Å². The first-order valence-electron chi connectivity index (χ1n) is 8.72. The third-order valence-electron chi connectivity index (χ3n) is 4.65. The highest BCUT2D eigenvalue weighted by Gasteiger charge is 2.28. The van der Waals surface area contributed by atoms with Gasteiger partial charge in [0.25, 0.3) is 0 Å². The molecule has 0 radical (unpaired) electrons. The van der Waals surface area contributed by atoms with Crippen molar-refractivity contribution in [1.82, 2.24) is 4.98 Å². The minimum absolute atomic E-state index is 0.311. The number of carbonyl (C=O) groups is 2. The molecular formula is C21H19F2NO3. The van der Waals surface area contributed by atoms with Gasteiger partial charge in [0.2, 0.25) is 0 Å². The van der Waals surface area contributed by atoms with E-state index < -0.39 is 35.7 Å². The van der Waals surface area contributed by atoms with Crippen molar-refractivity contribution in [3.63, 3.8) is 0 Å². The van der Waals surface area contributed by atoms with Crippen LogP contribution >= 0.6 is 0 Å². The molecule has 1 heterocycles. The summed E-state index contributed by atoms with van der Waals surface area (Å²) < 4.78 is 26.9. The Bertz CT molecular complexity index is 1010. The minimum atomic E-state index is -1.17. The van der Waals surface area contributed by atoms with Crippen molar-refractivity contribution < 1.29 is 23.5 Å². The number of carboxylic acids is 1. The van der Waals surface area contributed by atoms with E-state index in [4.69, 9.17) is 0 Å². The Labute approximate surface area is 154 Å². The fourth-order valence-corrected chi connectivity index (χ4v) is 3.35. The van der Waals surface area contributed by atoms with Crippen molar-refractivity contribution in [3.05, 3.63) is 70.9 Å². The first kappa shape index (κ1) is 18.8. The Morgan fingerprint density at radius 3 is 2.63 bits per heavy atom. The molecule has 0 aliphatic heterocycles. The maximum atomic E-state index is 13.9. The molecule has 0 saturated carbocycles. The number of benzene rings is 2. The number of H-pyrrole nitrogens is 1. The van der Waals surface area contributed by atoms with Gasteiger partial charge in [-0.15, -0.1) is 0 Å². The van der Waals surface area contributed by atoms with Crippen LogP contribution in [0.5, 0.6) is 0 Å². The van der Waals surface area contributed by atoms with Gasteiger partial charge in [-0.1, -0.05) is 31.5 Å². The molecule has 140 valence electrons. The molecule has 27 heavy (non-hydrogen) atoms.